The zero-order valence-electron chi connectivity index (χ0n) is 12.3. The van der Waals surface area contributed by atoms with Gasteiger partial charge in [-0.1, -0.05) is 6.07 Å². The molecular weight excluding hydrogens is 326 g/mol. The fourth-order valence-corrected chi connectivity index (χ4v) is 3.04. The first-order chi connectivity index (χ1) is 11.7. The summed E-state index contributed by atoms with van der Waals surface area (Å²) in [4.78, 5) is 22.3. The molecule has 118 valence electrons. The largest absolute Gasteiger partial charge is 0.326 e. The van der Waals surface area contributed by atoms with Crippen LogP contribution in [0.2, 0.25) is 0 Å². The molecule has 0 amide bonds. The summed E-state index contributed by atoms with van der Waals surface area (Å²) < 4.78 is 0. The van der Waals surface area contributed by atoms with Gasteiger partial charge >= 0.3 is 0 Å². The molecule has 4 aromatic rings. The Hall–Kier alpha value is -3.26. The Morgan fingerprint density at radius 3 is 2.92 bits per heavy atom. The van der Waals surface area contributed by atoms with E-state index < -0.39 is 4.92 Å². The van der Waals surface area contributed by atoms with Gasteiger partial charge in [0, 0.05) is 35.0 Å². The number of aromatic nitrogens is 3. The SMILES string of the molecule is O=[N+]([O-])c1cccc(Nc2nc3ccc(-c4nccs4)cc3[nH]2)c1. The van der Waals surface area contributed by atoms with Crippen molar-refractivity contribution < 1.29 is 4.92 Å². The van der Waals surface area contributed by atoms with Gasteiger partial charge in [-0.3, -0.25) is 10.1 Å². The number of benzene rings is 2. The van der Waals surface area contributed by atoms with Gasteiger partial charge in [0.15, 0.2) is 0 Å². The standard InChI is InChI=1S/C16H11N5O2S/c22-21(23)12-3-1-2-11(9-12)18-16-19-13-5-4-10(8-14(13)20-16)15-17-6-7-24-15/h1-9H,(H2,18,19,20). The van der Waals surface area contributed by atoms with Crippen LogP contribution in [0.5, 0.6) is 0 Å². The highest BCUT2D eigenvalue weighted by atomic mass is 32.1. The second kappa shape index (κ2) is 5.74. The maximum absolute atomic E-state index is 10.8. The van der Waals surface area contributed by atoms with Gasteiger partial charge in [-0.05, 0) is 24.3 Å². The molecule has 7 nitrogen and oxygen atoms in total. The Labute approximate surface area is 140 Å². The molecule has 24 heavy (non-hydrogen) atoms. The summed E-state index contributed by atoms with van der Waals surface area (Å²) >= 11 is 1.57. The minimum Gasteiger partial charge on any atom is -0.326 e. The number of nitrogens with one attached hydrogen (secondary N) is 2. The second-order valence-electron chi connectivity index (χ2n) is 5.09. The molecule has 0 aliphatic rings. The molecule has 0 spiro atoms. The van der Waals surface area contributed by atoms with E-state index in [1.807, 2.05) is 23.6 Å². The number of rotatable bonds is 4. The lowest BCUT2D eigenvalue weighted by molar-refractivity contribution is -0.384. The van der Waals surface area contributed by atoms with E-state index in [1.165, 1.54) is 12.1 Å². The van der Waals surface area contributed by atoms with E-state index in [0.717, 1.165) is 21.6 Å². The van der Waals surface area contributed by atoms with Crippen LogP contribution in [0.1, 0.15) is 0 Å². The Balaban J connectivity index is 1.65. The third-order valence-corrected chi connectivity index (χ3v) is 4.30. The van der Waals surface area contributed by atoms with Gasteiger partial charge in [0.05, 0.1) is 16.0 Å². The highest BCUT2D eigenvalue weighted by molar-refractivity contribution is 7.13. The van der Waals surface area contributed by atoms with Crippen molar-refractivity contribution in [1.29, 1.82) is 0 Å². The Morgan fingerprint density at radius 2 is 2.12 bits per heavy atom. The molecule has 8 heteroatoms. The first-order valence-corrected chi connectivity index (χ1v) is 7.98. The number of imidazole rings is 1. The number of hydrogen-bond donors (Lipinski definition) is 2. The quantitative estimate of drug-likeness (QED) is 0.426. The fraction of sp³-hybridized carbons (Fsp3) is 0. The van der Waals surface area contributed by atoms with Crippen molar-refractivity contribution in [3.63, 3.8) is 0 Å². The van der Waals surface area contributed by atoms with Crippen molar-refractivity contribution in [1.82, 2.24) is 15.0 Å². The highest BCUT2D eigenvalue weighted by Crippen LogP contribution is 2.27. The number of anilines is 2. The van der Waals surface area contributed by atoms with E-state index in [-0.39, 0.29) is 5.69 Å². The van der Waals surface area contributed by atoms with E-state index >= 15 is 0 Å². The van der Waals surface area contributed by atoms with Gasteiger partial charge in [-0.25, -0.2) is 9.97 Å². The van der Waals surface area contributed by atoms with Crippen molar-refractivity contribution in [2.24, 2.45) is 0 Å². The molecule has 2 aromatic heterocycles. The van der Waals surface area contributed by atoms with Crippen LogP contribution in [0, 0.1) is 10.1 Å². The number of nitro benzene ring substituents is 1. The van der Waals surface area contributed by atoms with Crippen LogP contribution in [-0.2, 0) is 0 Å². The van der Waals surface area contributed by atoms with E-state index in [9.17, 15) is 10.1 Å². The molecule has 0 aliphatic carbocycles. The summed E-state index contributed by atoms with van der Waals surface area (Å²) in [6.45, 7) is 0. The molecule has 0 radical (unpaired) electrons. The number of nitrogens with zero attached hydrogens (tertiary/aromatic N) is 3. The first-order valence-electron chi connectivity index (χ1n) is 7.10. The number of H-pyrrole nitrogens is 1. The monoisotopic (exact) mass is 337 g/mol. The molecule has 4 rings (SSSR count). The molecule has 0 unspecified atom stereocenters. The first kappa shape index (κ1) is 14.3. The number of nitro groups is 1. The fourth-order valence-electron chi connectivity index (χ4n) is 2.40. The summed E-state index contributed by atoms with van der Waals surface area (Å²) in [5.74, 6) is 0.529. The van der Waals surface area contributed by atoms with E-state index in [4.69, 9.17) is 0 Å². The smallest absolute Gasteiger partial charge is 0.271 e. The van der Waals surface area contributed by atoms with Crippen LogP contribution in [0.3, 0.4) is 0 Å². The van der Waals surface area contributed by atoms with Crippen molar-refractivity contribution in [3.8, 4) is 10.6 Å². The zero-order chi connectivity index (χ0) is 16.5. The van der Waals surface area contributed by atoms with Crippen LogP contribution < -0.4 is 5.32 Å². The number of non-ortho nitro benzene ring substituents is 1. The number of hydrogen-bond acceptors (Lipinski definition) is 6. The molecule has 2 aromatic carbocycles. The van der Waals surface area contributed by atoms with Crippen LogP contribution in [0.15, 0.2) is 54.0 Å². The third kappa shape index (κ3) is 2.70. The molecule has 2 heterocycles. The highest BCUT2D eigenvalue weighted by Gasteiger charge is 2.09. The summed E-state index contributed by atoms with van der Waals surface area (Å²) in [6.07, 6.45) is 1.77. The molecule has 0 bridgehead atoms. The van der Waals surface area contributed by atoms with Crippen molar-refractivity contribution in [2.45, 2.75) is 0 Å². The van der Waals surface area contributed by atoms with Crippen molar-refractivity contribution in [2.75, 3.05) is 5.32 Å². The maximum atomic E-state index is 10.8. The lowest BCUT2D eigenvalue weighted by Gasteiger charge is -2.01. The average Bonchev–Trinajstić information content (AvgIpc) is 3.23. The van der Waals surface area contributed by atoms with Crippen LogP contribution in [0.25, 0.3) is 21.6 Å². The topological polar surface area (TPSA) is 96.7 Å². The van der Waals surface area contributed by atoms with E-state index in [1.54, 1.807) is 29.7 Å². The Kier molecular flexibility index (Phi) is 3.43. The molecular formula is C16H11N5O2S. The number of aromatic amines is 1. The molecule has 0 aliphatic heterocycles. The van der Waals surface area contributed by atoms with Gasteiger partial charge in [0.25, 0.3) is 5.69 Å². The minimum absolute atomic E-state index is 0.0298. The molecule has 0 fully saturated rings. The predicted molar refractivity (Wildman–Crippen MR) is 93.6 cm³/mol. The van der Waals surface area contributed by atoms with Crippen LogP contribution in [0.4, 0.5) is 17.3 Å². The summed E-state index contributed by atoms with van der Waals surface area (Å²) in [6, 6.07) is 12.2. The van der Waals surface area contributed by atoms with Crippen LogP contribution in [-0.4, -0.2) is 19.9 Å². The Morgan fingerprint density at radius 1 is 1.21 bits per heavy atom. The van der Waals surface area contributed by atoms with E-state index in [2.05, 4.69) is 20.3 Å². The van der Waals surface area contributed by atoms with Gasteiger partial charge in [-0.15, -0.1) is 11.3 Å². The normalized spacial score (nSPS) is 10.8. The molecule has 0 saturated carbocycles. The molecule has 0 saturated heterocycles. The van der Waals surface area contributed by atoms with Gasteiger partial charge in [0.2, 0.25) is 5.95 Å². The summed E-state index contributed by atoms with van der Waals surface area (Å²) in [5.41, 5.74) is 3.33. The molecule has 2 N–H and O–H groups in total. The lowest BCUT2D eigenvalue weighted by Crippen LogP contribution is -1.94. The minimum atomic E-state index is -0.426. The number of fused-ring (bicyclic) bond motifs is 1. The summed E-state index contributed by atoms with van der Waals surface area (Å²) in [7, 11) is 0. The van der Waals surface area contributed by atoms with Crippen LogP contribution >= 0.6 is 11.3 Å². The zero-order valence-corrected chi connectivity index (χ0v) is 13.1. The summed E-state index contributed by atoms with van der Waals surface area (Å²) in [5, 5.41) is 16.8. The van der Waals surface area contributed by atoms with Gasteiger partial charge < -0.3 is 10.3 Å². The lowest BCUT2D eigenvalue weighted by atomic mass is 10.2. The van der Waals surface area contributed by atoms with E-state index in [0.29, 0.717) is 11.6 Å². The number of thiazole rings is 1. The maximum Gasteiger partial charge on any atom is 0.271 e. The van der Waals surface area contributed by atoms with Crippen molar-refractivity contribution >= 4 is 39.7 Å². The van der Waals surface area contributed by atoms with Gasteiger partial charge in [0.1, 0.15) is 5.01 Å². The third-order valence-electron chi connectivity index (χ3n) is 3.48. The predicted octanol–water partition coefficient (Wildman–Crippen LogP) is 4.34. The Bertz CT molecular complexity index is 1030. The average molecular weight is 337 g/mol. The second-order valence-corrected chi connectivity index (χ2v) is 5.98. The molecule has 0 atom stereocenters. The van der Waals surface area contributed by atoms with Gasteiger partial charge in [-0.2, -0.15) is 0 Å². The van der Waals surface area contributed by atoms with Crippen molar-refractivity contribution in [3.05, 3.63) is 64.2 Å².